The summed E-state index contributed by atoms with van der Waals surface area (Å²) in [7, 11) is 2.14. The van der Waals surface area contributed by atoms with Gasteiger partial charge in [-0.15, -0.1) is 0 Å². The van der Waals surface area contributed by atoms with E-state index in [1.165, 1.54) is 11.1 Å². The Labute approximate surface area is 115 Å². The molecule has 0 fully saturated rings. The molecule has 1 N–H and O–H groups in total. The van der Waals surface area contributed by atoms with Gasteiger partial charge < -0.3 is 5.11 Å². The third kappa shape index (κ3) is 3.83. The molecule has 0 heterocycles. The molecule has 0 spiro atoms. The Hall–Kier alpha value is -1.80. The maximum Gasteiger partial charge on any atom is 0.115 e. The zero-order valence-corrected chi connectivity index (χ0v) is 11.6. The molecule has 2 rings (SSSR count). The summed E-state index contributed by atoms with van der Waals surface area (Å²) in [6, 6.07) is 18.4. The molecule has 2 nitrogen and oxygen atoms in total. The van der Waals surface area contributed by atoms with Crippen LogP contribution < -0.4 is 0 Å². The van der Waals surface area contributed by atoms with Crippen LogP contribution in [-0.4, -0.2) is 23.6 Å². The number of hydrogen-bond donors (Lipinski definition) is 1. The van der Waals surface area contributed by atoms with Crippen molar-refractivity contribution in [2.75, 3.05) is 13.6 Å². The van der Waals surface area contributed by atoms with Crippen molar-refractivity contribution in [2.45, 2.75) is 19.4 Å². The molecule has 19 heavy (non-hydrogen) atoms. The molecule has 0 amide bonds. The van der Waals surface area contributed by atoms with Crippen molar-refractivity contribution in [2.24, 2.45) is 0 Å². The third-order valence-electron chi connectivity index (χ3n) is 3.63. The molecule has 0 aliphatic carbocycles. The van der Waals surface area contributed by atoms with Crippen LogP contribution in [0.2, 0.25) is 0 Å². The van der Waals surface area contributed by atoms with Crippen molar-refractivity contribution < 1.29 is 5.11 Å². The standard InChI is InChI=1S/C17H21NO/c1-14(16-8-10-17(19)11-9-16)18(2)13-12-15-6-4-3-5-7-15/h3-11,14,19H,12-13H2,1-2H3. The van der Waals surface area contributed by atoms with Crippen LogP contribution >= 0.6 is 0 Å². The maximum absolute atomic E-state index is 9.32. The number of rotatable bonds is 5. The lowest BCUT2D eigenvalue weighted by molar-refractivity contribution is 0.265. The van der Waals surface area contributed by atoms with Crippen LogP contribution in [0.5, 0.6) is 5.75 Å². The Kier molecular flexibility index (Phi) is 4.58. The number of likely N-dealkylation sites (N-methyl/N-ethyl adjacent to an activating group) is 1. The second-order valence-electron chi connectivity index (χ2n) is 4.98. The van der Waals surface area contributed by atoms with Gasteiger partial charge in [0.15, 0.2) is 0 Å². The van der Waals surface area contributed by atoms with Gasteiger partial charge in [0.2, 0.25) is 0 Å². The van der Waals surface area contributed by atoms with Crippen molar-refractivity contribution in [3.63, 3.8) is 0 Å². The largest absolute Gasteiger partial charge is 0.508 e. The molecule has 0 saturated carbocycles. The fourth-order valence-electron chi connectivity index (χ4n) is 2.15. The molecular formula is C17H21NO. The summed E-state index contributed by atoms with van der Waals surface area (Å²) in [5.41, 5.74) is 2.60. The van der Waals surface area contributed by atoms with Gasteiger partial charge in [-0.2, -0.15) is 0 Å². The highest BCUT2D eigenvalue weighted by Crippen LogP contribution is 2.21. The Bertz CT molecular complexity index is 492. The molecule has 2 heteroatoms. The highest BCUT2D eigenvalue weighted by molar-refractivity contribution is 5.27. The average Bonchev–Trinajstić information content (AvgIpc) is 2.46. The summed E-state index contributed by atoms with van der Waals surface area (Å²) in [5, 5.41) is 9.32. The second-order valence-corrected chi connectivity index (χ2v) is 4.98. The fraction of sp³-hybridized carbons (Fsp3) is 0.294. The lowest BCUT2D eigenvalue weighted by Gasteiger charge is -2.25. The Balaban J connectivity index is 1.92. The predicted molar refractivity (Wildman–Crippen MR) is 79.3 cm³/mol. The summed E-state index contributed by atoms with van der Waals surface area (Å²) in [6.45, 7) is 3.21. The minimum atomic E-state index is 0.322. The number of phenolic OH excluding ortho intramolecular Hbond substituents is 1. The maximum atomic E-state index is 9.32. The molecule has 1 atom stereocenters. The minimum Gasteiger partial charge on any atom is -0.508 e. The van der Waals surface area contributed by atoms with E-state index in [4.69, 9.17) is 0 Å². The van der Waals surface area contributed by atoms with Crippen LogP contribution in [0.3, 0.4) is 0 Å². The van der Waals surface area contributed by atoms with Crippen molar-refractivity contribution in [3.05, 3.63) is 65.7 Å². The summed E-state index contributed by atoms with van der Waals surface area (Å²) >= 11 is 0. The SMILES string of the molecule is CC(c1ccc(O)cc1)N(C)CCc1ccccc1. The molecule has 0 aliphatic heterocycles. The number of phenols is 1. The first kappa shape index (κ1) is 13.6. The molecule has 2 aromatic carbocycles. The molecular weight excluding hydrogens is 234 g/mol. The molecule has 0 radical (unpaired) electrons. The van der Waals surface area contributed by atoms with Gasteiger partial charge in [0.25, 0.3) is 0 Å². The van der Waals surface area contributed by atoms with Crippen molar-refractivity contribution in [3.8, 4) is 5.75 Å². The van der Waals surface area contributed by atoms with Crippen LogP contribution in [0, 0.1) is 0 Å². The minimum absolute atomic E-state index is 0.322. The lowest BCUT2D eigenvalue weighted by atomic mass is 10.1. The van der Waals surface area contributed by atoms with E-state index in [1.54, 1.807) is 12.1 Å². The Morgan fingerprint density at radius 3 is 2.26 bits per heavy atom. The summed E-state index contributed by atoms with van der Waals surface area (Å²) in [4.78, 5) is 2.33. The first-order chi connectivity index (χ1) is 9.16. The number of benzene rings is 2. The van der Waals surface area contributed by atoms with E-state index < -0.39 is 0 Å². The van der Waals surface area contributed by atoms with Gasteiger partial charge in [-0.1, -0.05) is 42.5 Å². The highest BCUT2D eigenvalue weighted by Gasteiger charge is 2.11. The number of hydrogen-bond acceptors (Lipinski definition) is 2. The van der Waals surface area contributed by atoms with Gasteiger partial charge in [-0.05, 0) is 43.7 Å². The Morgan fingerprint density at radius 1 is 1.00 bits per heavy atom. The predicted octanol–water partition coefficient (Wildman–Crippen LogP) is 3.63. The van der Waals surface area contributed by atoms with E-state index in [0.717, 1.165) is 13.0 Å². The molecule has 100 valence electrons. The normalized spacial score (nSPS) is 12.6. The summed E-state index contributed by atoms with van der Waals surface area (Å²) in [5.74, 6) is 0.322. The van der Waals surface area contributed by atoms with Gasteiger partial charge in [-0.3, -0.25) is 4.90 Å². The fourth-order valence-corrected chi connectivity index (χ4v) is 2.15. The first-order valence-electron chi connectivity index (χ1n) is 6.70. The zero-order valence-electron chi connectivity index (χ0n) is 11.6. The monoisotopic (exact) mass is 255 g/mol. The van der Waals surface area contributed by atoms with Crippen LogP contribution in [0.25, 0.3) is 0 Å². The molecule has 0 saturated heterocycles. The van der Waals surface area contributed by atoms with E-state index in [0.29, 0.717) is 11.8 Å². The smallest absolute Gasteiger partial charge is 0.115 e. The van der Waals surface area contributed by atoms with Crippen LogP contribution in [-0.2, 0) is 6.42 Å². The van der Waals surface area contributed by atoms with Crippen LogP contribution in [0.1, 0.15) is 24.1 Å². The van der Waals surface area contributed by atoms with Gasteiger partial charge in [0, 0.05) is 12.6 Å². The molecule has 1 unspecified atom stereocenters. The van der Waals surface area contributed by atoms with E-state index in [1.807, 2.05) is 18.2 Å². The second kappa shape index (κ2) is 6.39. The molecule has 0 bridgehead atoms. The third-order valence-corrected chi connectivity index (χ3v) is 3.63. The Morgan fingerprint density at radius 2 is 1.63 bits per heavy atom. The van der Waals surface area contributed by atoms with Crippen molar-refractivity contribution in [1.82, 2.24) is 4.90 Å². The van der Waals surface area contributed by atoms with Gasteiger partial charge >= 0.3 is 0 Å². The first-order valence-corrected chi connectivity index (χ1v) is 6.70. The number of nitrogens with zero attached hydrogens (tertiary/aromatic N) is 1. The van der Waals surface area contributed by atoms with Gasteiger partial charge in [-0.25, -0.2) is 0 Å². The van der Waals surface area contributed by atoms with E-state index in [2.05, 4.69) is 43.1 Å². The van der Waals surface area contributed by atoms with Crippen LogP contribution in [0.4, 0.5) is 0 Å². The summed E-state index contributed by atoms with van der Waals surface area (Å²) in [6.07, 6.45) is 1.06. The quantitative estimate of drug-likeness (QED) is 0.882. The average molecular weight is 255 g/mol. The van der Waals surface area contributed by atoms with Crippen molar-refractivity contribution in [1.29, 1.82) is 0 Å². The van der Waals surface area contributed by atoms with E-state index in [9.17, 15) is 5.11 Å². The lowest BCUT2D eigenvalue weighted by Crippen LogP contribution is -2.24. The molecule has 0 aromatic heterocycles. The zero-order chi connectivity index (χ0) is 13.7. The van der Waals surface area contributed by atoms with E-state index in [-0.39, 0.29) is 0 Å². The van der Waals surface area contributed by atoms with Crippen molar-refractivity contribution >= 4 is 0 Å². The number of aromatic hydroxyl groups is 1. The van der Waals surface area contributed by atoms with Crippen LogP contribution in [0.15, 0.2) is 54.6 Å². The van der Waals surface area contributed by atoms with Gasteiger partial charge in [0.05, 0.1) is 0 Å². The topological polar surface area (TPSA) is 23.5 Å². The van der Waals surface area contributed by atoms with E-state index >= 15 is 0 Å². The molecule has 2 aromatic rings. The molecule has 0 aliphatic rings. The summed E-state index contributed by atoms with van der Waals surface area (Å²) < 4.78 is 0. The van der Waals surface area contributed by atoms with Gasteiger partial charge in [0.1, 0.15) is 5.75 Å². The highest BCUT2D eigenvalue weighted by atomic mass is 16.3.